The molecule has 2 N–H and O–H groups in total. The number of carboxylic acid groups (broad SMARTS) is 1. The third kappa shape index (κ3) is 4.05. The summed E-state index contributed by atoms with van der Waals surface area (Å²) >= 11 is 0. The minimum atomic E-state index is -0.759. The summed E-state index contributed by atoms with van der Waals surface area (Å²) in [6.45, 7) is 3.38. The molecular weight excluding hydrogens is 354 g/mol. The van der Waals surface area contributed by atoms with E-state index in [0.29, 0.717) is 19.5 Å². The van der Waals surface area contributed by atoms with Crippen molar-refractivity contribution in [3.05, 3.63) is 29.6 Å². The van der Waals surface area contributed by atoms with E-state index in [0.717, 1.165) is 49.0 Å². The lowest BCUT2D eigenvalue weighted by atomic mass is 9.80. The van der Waals surface area contributed by atoms with E-state index < -0.39 is 5.97 Å². The van der Waals surface area contributed by atoms with E-state index >= 15 is 0 Å². The number of aromatic amines is 1. The van der Waals surface area contributed by atoms with Crippen molar-refractivity contribution in [3.8, 4) is 0 Å². The number of fused-ring (bicyclic) bond motifs is 1. The van der Waals surface area contributed by atoms with Gasteiger partial charge in [-0.1, -0.05) is 18.9 Å². The average Bonchev–Trinajstić information content (AvgIpc) is 3.31. The highest BCUT2D eigenvalue weighted by atomic mass is 16.4. The first-order valence-corrected chi connectivity index (χ1v) is 10.5. The zero-order valence-corrected chi connectivity index (χ0v) is 16.5. The van der Waals surface area contributed by atoms with Crippen LogP contribution in [0, 0.1) is 24.7 Å². The third-order valence-electron chi connectivity index (χ3n) is 6.49. The summed E-state index contributed by atoms with van der Waals surface area (Å²) in [6.07, 6.45) is 5.90. The fourth-order valence-electron chi connectivity index (χ4n) is 4.96. The van der Waals surface area contributed by atoms with E-state index in [1.165, 1.54) is 5.56 Å². The van der Waals surface area contributed by atoms with Crippen LogP contribution >= 0.6 is 0 Å². The second kappa shape index (κ2) is 7.94. The minimum absolute atomic E-state index is 0.0834. The van der Waals surface area contributed by atoms with E-state index in [2.05, 4.69) is 18.0 Å². The number of carbonyl (C=O) groups excluding carboxylic acids is 1. The number of nitrogens with one attached hydrogen (secondary N) is 1. The van der Waals surface area contributed by atoms with Crippen molar-refractivity contribution < 1.29 is 14.7 Å². The molecule has 4 rings (SSSR count). The topological polar surface area (TPSA) is 86.3 Å². The molecular formula is C22H29N3O3. The zero-order valence-electron chi connectivity index (χ0n) is 16.5. The highest BCUT2D eigenvalue weighted by Crippen LogP contribution is 2.33. The first kappa shape index (κ1) is 19.0. The van der Waals surface area contributed by atoms with Crippen LogP contribution in [0.4, 0.5) is 0 Å². The highest BCUT2D eigenvalue weighted by molar-refractivity contribution is 5.79. The van der Waals surface area contributed by atoms with Gasteiger partial charge in [0.05, 0.1) is 11.0 Å². The normalized spacial score (nSPS) is 23.4. The summed E-state index contributed by atoms with van der Waals surface area (Å²) in [4.78, 5) is 34.3. The number of imidazole rings is 1. The zero-order chi connectivity index (χ0) is 19.7. The third-order valence-corrected chi connectivity index (χ3v) is 6.49. The van der Waals surface area contributed by atoms with Crippen molar-refractivity contribution in [3.63, 3.8) is 0 Å². The minimum Gasteiger partial charge on any atom is -0.481 e. The molecule has 28 heavy (non-hydrogen) atoms. The van der Waals surface area contributed by atoms with Gasteiger partial charge in [0.25, 0.3) is 0 Å². The van der Waals surface area contributed by atoms with Crippen molar-refractivity contribution >= 4 is 22.9 Å². The van der Waals surface area contributed by atoms with Crippen LogP contribution in [0.25, 0.3) is 11.0 Å². The Balaban J connectivity index is 1.51. The van der Waals surface area contributed by atoms with Gasteiger partial charge in [0.15, 0.2) is 0 Å². The molecule has 0 radical (unpaired) electrons. The molecule has 2 atom stereocenters. The molecule has 2 heterocycles. The second-order valence-corrected chi connectivity index (χ2v) is 8.58. The molecule has 2 fully saturated rings. The lowest BCUT2D eigenvalue weighted by molar-refractivity contribution is -0.141. The van der Waals surface area contributed by atoms with Crippen molar-refractivity contribution in [2.75, 3.05) is 13.1 Å². The molecule has 0 spiro atoms. The molecule has 1 aromatic carbocycles. The van der Waals surface area contributed by atoms with E-state index in [-0.39, 0.29) is 30.1 Å². The van der Waals surface area contributed by atoms with Gasteiger partial charge < -0.3 is 15.0 Å². The molecule has 1 aliphatic heterocycles. The molecule has 1 saturated heterocycles. The number of benzene rings is 1. The number of aliphatic carboxylic acids is 1. The Bertz CT molecular complexity index is 869. The number of rotatable bonds is 5. The number of aromatic nitrogens is 2. The maximum absolute atomic E-state index is 12.9. The lowest BCUT2D eigenvalue weighted by Crippen LogP contribution is -2.46. The van der Waals surface area contributed by atoms with Crippen LogP contribution in [0.5, 0.6) is 0 Å². The van der Waals surface area contributed by atoms with Crippen molar-refractivity contribution in [1.29, 1.82) is 0 Å². The molecule has 2 aromatic rings. The Morgan fingerprint density at radius 2 is 2.00 bits per heavy atom. The summed E-state index contributed by atoms with van der Waals surface area (Å²) < 4.78 is 0. The molecule has 1 aromatic heterocycles. The first-order chi connectivity index (χ1) is 13.5. The van der Waals surface area contributed by atoms with Gasteiger partial charge in [0.1, 0.15) is 5.82 Å². The predicted octanol–water partition coefficient (Wildman–Crippen LogP) is 3.54. The van der Waals surface area contributed by atoms with Crippen LogP contribution in [-0.4, -0.2) is 44.9 Å². The number of piperidine rings is 1. The van der Waals surface area contributed by atoms with E-state index in [9.17, 15) is 14.7 Å². The molecule has 6 heteroatoms. The Hall–Kier alpha value is -2.37. The second-order valence-electron chi connectivity index (χ2n) is 8.58. The Labute approximate surface area is 165 Å². The summed E-state index contributed by atoms with van der Waals surface area (Å²) in [5, 5.41) is 9.34. The molecule has 1 aliphatic carbocycles. The van der Waals surface area contributed by atoms with Gasteiger partial charge in [-0.05, 0) is 55.7 Å². The SMILES string of the molecule is Cc1ccc2nc(C[C@H]3CN(C(=O)C4CCCC4)CC[C@H]3CC(=O)O)[nH]c2c1. The number of hydrogen-bond donors (Lipinski definition) is 2. The standard InChI is InChI=1S/C22H29N3O3/c1-14-6-7-18-19(10-14)24-20(23-18)11-17-13-25(9-8-16(17)12-21(26)27)22(28)15-4-2-3-5-15/h6-7,10,15-17H,2-5,8-9,11-13H2,1H3,(H,23,24)(H,26,27)/t16-,17-/m0/s1. The maximum Gasteiger partial charge on any atom is 0.303 e. The van der Waals surface area contributed by atoms with Crippen LogP contribution in [-0.2, 0) is 16.0 Å². The molecule has 2 aliphatic rings. The number of nitrogens with zero attached hydrogens (tertiary/aromatic N) is 2. The monoisotopic (exact) mass is 383 g/mol. The fourth-order valence-corrected chi connectivity index (χ4v) is 4.96. The predicted molar refractivity (Wildman–Crippen MR) is 107 cm³/mol. The highest BCUT2D eigenvalue weighted by Gasteiger charge is 2.36. The van der Waals surface area contributed by atoms with Gasteiger partial charge in [-0.25, -0.2) is 4.98 Å². The summed E-state index contributed by atoms with van der Waals surface area (Å²) in [5.41, 5.74) is 3.13. The van der Waals surface area contributed by atoms with Gasteiger partial charge in [-0.15, -0.1) is 0 Å². The smallest absolute Gasteiger partial charge is 0.303 e. The van der Waals surface area contributed by atoms with Crippen LogP contribution in [0.15, 0.2) is 18.2 Å². The van der Waals surface area contributed by atoms with Crippen LogP contribution in [0.1, 0.15) is 49.9 Å². The maximum atomic E-state index is 12.9. The number of carboxylic acids is 1. The van der Waals surface area contributed by atoms with Gasteiger partial charge in [-0.3, -0.25) is 9.59 Å². The first-order valence-electron chi connectivity index (χ1n) is 10.5. The van der Waals surface area contributed by atoms with Gasteiger partial charge in [0, 0.05) is 31.8 Å². The Morgan fingerprint density at radius 3 is 2.75 bits per heavy atom. The molecule has 0 unspecified atom stereocenters. The van der Waals surface area contributed by atoms with Crippen molar-refractivity contribution in [1.82, 2.24) is 14.9 Å². The largest absolute Gasteiger partial charge is 0.481 e. The summed E-state index contributed by atoms with van der Waals surface area (Å²) in [6, 6.07) is 6.14. The number of hydrogen-bond acceptors (Lipinski definition) is 3. The lowest BCUT2D eigenvalue weighted by Gasteiger charge is -2.39. The van der Waals surface area contributed by atoms with E-state index in [4.69, 9.17) is 4.98 Å². The van der Waals surface area contributed by atoms with Gasteiger partial charge >= 0.3 is 5.97 Å². The van der Waals surface area contributed by atoms with E-state index in [1.807, 2.05) is 17.0 Å². The molecule has 1 amide bonds. The number of aryl methyl sites for hydroxylation is 1. The molecule has 6 nitrogen and oxygen atoms in total. The van der Waals surface area contributed by atoms with Crippen LogP contribution in [0.2, 0.25) is 0 Å². The van der Waals surface area contributed by atoms with Crippen LogP contribution in [0.3, 0.4) is 0 Å². The molecule has 150 valence electrons. The van der Waals surface area contributed by atoms with Crippen LogP contribution < -0.4 is 0 Å². The number of H-pyrrole nitrogens is 1. The van der Waals surface area contributed by atoms with Crippen molar-refractivity contribution in [2.24, 2.45) is 17.8 Å². The summed E-state index contributed by atoms with van der Waals surface area (Å²) in [5.74, 6) is 0.779. The quantitative estimate of drug-likeness (QED) is 0.827. The van der Waals surface area contributed by atoms with E-state index in [1.54, 1.807) is 0 Å². The molecule has 1 saturated carbocycles. The molecule has 0 bridgehead atoms. The Morgan fingerprint density at radius 1 is 1.21 bits per heavy atom. The fraction of sp³-hybridized carbons (Fsp3) is 0.591. The van der Waals surface area contributed by atoms with Crippen molar-refractivity contribution in [2.45, 2.75) is 51.9 Å². The number of amides is 1. The van der Waals surface area contributed by atoms with Gasteiger partial charge in [-0.2, -0.15) is 0 Å². The summed E-state index contributed by atoms with van der Waals surface area (Å²) in [7, 11) is 0. The number of carbonyl (C=O) groups is 2. The average molecular weight is 383 g/mol. The number of likely N-dealkylation sites (tertiary alicyclic amines) is 1. The Kier molecular flexibility index (Phi) is 5.38. The van der Waals surface area contributed by atoms with Gasteiger partial charge in [0.2, 0.25) is 5.91 Å².